The lowest BCUT2D eigenvalue weighted by molar-refractivity contribution is 0.103. The van der Waals surface area contributed by atoms with Crippen molar-refractivity contribution in [3.8, 4) is 23.0 Å². The summed E-state index contributed by atoms with van der Waals surface area (Å²) in [5.74, 6) is -0.262. The average molecular weight is 358 g/mol. The van der Waals surface area contributed by atoms with Crippen LogP contribution in [0, 0.1) is 5.82 Å². The number of phenolic OH excluding ortho intramolecular Hbond substituents is 1. The summed E-state index contributed by atoms with van der Waals surface area (Å²) < 4.78 is 30.1. The summed E-state index contributed by atoms with van der Waals surface area (Å²) in [5.41, 5.74) is 1.27. The van der Waals surface area contributed by atoms with Gasteiger partial charge in [0.2, 0.25) is 5.75 Å². The van der Waals surface area contributed by atoms with Gasteiger partial charge in [0.1, 0.15) is 11.6 Å². The predicted molar refractivity (Wildman–Crippen MR) is 94.9 cm³/mol. The summed E-state index contributed by atoms with van der Waals surface area (Å²) in [5, 5.41) is 9.99. The molecular formula is C20H19FO5. The van der Waals surface area contributed by atoms with Crippen LogP contribution in [0.3, 0.4) is 0 Å². The fraction of sp³-hybridized carbons (Fsp3) is 0.250. The van der Waals surface area contributed by atoms with Crippen LogP contribution < -0.4 is 14.2 Å². The number of allylic oxidation sites excluding steroid dienone is 1. The van der Waals surface area contributed by atoms with E-state index >= 15 is 0 Å². The summed E-state index contributed by atoms with van der Waals surface area (Å²) in [7, 11) is 4.50. The van der Waals surface area contributed by atoms with E-state index in [0.717, 1.165) is 0 Å². The number of benzene rings is 2. The molecule has 0 aromatic heterocycles. The molecule has 136 valence electrons. The van der Waals surface area contributed by atoms with E-state index in [-0.39, 0.29) is 16.9 Å². The molecule has 2 aromatic carbocycles. The zero-order valence-corrected chi connectivity index (χ0v) is 14.9. The molecular weight excluding hydrogens is 339 g/mol. The topological polar surface area (TPSA) is 65.0 Å². The third-order valence-electron chi connectivity index (χ3n) is 4.57. The number of hydrogen-bond acceptors (Lipinski definition) is 5. The van der Waals surface area contributed by atoms with Crippen molar-refractivity contribution in [3.05, 3.63) is 52.3 Å². The van der Waals surface area contributed by atoms with Crippen LogP contribution in [0.15, 0.2) is 29.8 Å². The van der Waals surface area contributed by atoms with Crippen molar-refractivity contribution in [1.29, 1.82) is 0 Å². The van der Waals surface area contributed by atoms with Crippen molar-refractivity contribution in [2.24, 2.45) is 0 Å². The Kier molecular flexibility index (Phi) is 4.59. The van der Waals surface area contributed by atoms with E-state index in [2.05, 4.69) is 0 Å². The van der Waals surface area contributed by atoms with Crippen LogP contribution in [0.5, 0.6) is 23.0 Å². The Hall–Kier alpha value is -3.02. The van der Waals surface area contributed by atoms with Gasteiger partial charge in [-0.3, -0.25) is 4.79 Å². The van der Waals surface area contributed by atoms with Gasteiger partial charge in [-0.2, -0.15) is 0 Å². The monoisotopic (exact) mass is 358 g/mol. The van der Waals surface area contributed by atoms with Crippen molar-refractivity contribution in [2.75, 3.05) is 21.3 Å². The molecule has 0 bridgehead atoms. The summed E-state index contributed by atoms with van der Waals surface area (Å²) >= 11 is 0. The van der Waals surface area contributed by atoms with E-state index in [1.807, 2.05) is 0 Å². The maximum absolute atomic E-state index is 14.2. The lowest BCUT2D eigenvalue weighted by Crippen LogP contribution is -1.99. The number of carbonyl (C=O) groups is 1. The maximum Gasteiger partial charge on any atom is 0.203 e. The van der Waals surface area contributed by atoms with Crippen LogP contribution >= 0.6 is 0 Å². The average Bonchev–Trinajstić information content (AvgIpc) is 2.89. The largest absolute Gasteiger partial charge is 0.507 e. The third-order valence-corrected chi connectivity index (χ3v) is 4.57. The van der Waals surface area contributed by atoms with Crippen molar-refractivity contribution in [1.82, 2.24) is 0 Å². The lowest BCUT2D eigenvalue weighted by atomic mass is 9.97. The Morgan fingerprint density at radius 3 is 2.19 bits per heavy atom. The summed E-state index contributed by atoms with van der Waals surface area (Å²) in [6.07, 6.45) is 1.65. The Bertz CT molecular complexity index is 892. The first-order chi connectivity index (χ1) is 12.4. The van der Waals surface area contributed by atoms with Gasteiger partial charge < -0.3 is 19.3 Å². The van der Waals surface area contributed by atoms with Crippen molar-refractivity contribution >= 4 is 11.9 Å². The van der Waals surface area contributed by atoms with Gasteiger partial charge in [-0.15, -0.1) is 0 Å². The van der Waals surface area contributed by atoms with E-state index in [9.17, 15) is 14.3 Å². The molecule has 6 heteroatoms. The van der Waals surface area contributed by atoms with Crippen LogP contribution in [0.25, 0.3) is 6.08 Å². The van der Waals surface area contributed by atoms with E-state index in [0.29, 0.717) is 28.4 Å². The number of methoxy groups -OCH3 is 3. The summed E-state index contributed by atoms with van der Waals surface area (Å²) in [4.78, 5) is 12.7. The highest BCUT2D eigenvalue weighted by molar-refractivity contribution is 6.18. The summed E-state index contributed by atoms with van der Waals surface area (Å²) in [6.45, 7) is 1.73. The minimum Gasteiger partial charge on any atom is -0.507 e. The zero-order valence-electron chi connectivity index (χ0n) is 14.9. The van der Waals surface area contributed by atoms with E-state index in [1.165, 1.54) is 33.5 Å². The van der Waals surface area contributed by atoms with Crippen molar-refractivity contribution in [2.45, 2.75) is 12.8 Å². The molecule has 0 unspecified atom stereocenters. The van der Waals surface area contributed by atoms with Gasteiger partial charge in [-0.25, -0.2) is 4.39 Å². The molecule has 0 aliphatic heterocycles. The maximum atomic E-state index is 14.2. The quantitative estimate of drug-likeness (QED) is 0.839. The van der Waals surface area contributed by atoms with Crippen LogP contribution in [-0.2, 0) is 0 Å². The van der Waals surface area contributed by atoms with Crippen LogP contribution in [0.4, 0.5) is 4.39 Å². The molecule has 0 saturated heterocycles. The van der Waals surface area contributed by atoms with Crippen molar-refractivity contribution < 1.29 is 28.5 Å². The highest BCUT2D eigenvalue weighted by atomic mass is 19.1. The summed E-state index contributed by atoms with van der Waals surface area (Å²) in [6, 6.07) is 5.77. The minimum absolute atomic E-state index is 0.0243. The third kappa shape index (κ3) is 2.67. The molecule has 2 aromatic rings. The van der Waals surface area contributed by atoms with E-state index in [4.69, 9.17) is 14.2 Å². The number of carbonyl (C=O) groups excluding carboxylic acids is 1. The minimum atomic E-state index is -0.507. The second-order valence-corrected chi connectivity index (χ2v) is 5.96. The Morgan fingerprint density at radius 2 is 1.69 bits per heavy atom. The first kappa shape index (κ1) is 17.8. The van der Waals surface area contributed by atoms with Gasteiger partial charge in [0.05, 0.1) is 26.9 Å². The smallest absolute Gasteiger partial charge is 0.203 e. The number of hydrogen-bond donors (Lipinski definition) is 1. The highest BCUT2D eigenvalue weighted by Gasteiger charge is 2.36. The molecule has 0 saturated carbocycles. The Balaban J connectivity index is 2.14. The van der Waals surface area contributed by atoms with Gasteiger partial charge in [0.15, 0.2) is 17.3 Å². The predicted octanol–water partition coefficient (Wildman–Crippen LogP) is 3.94. The fourth-order valence-corrected chi connectivity index (χ4v) is 3.30. The normalized spacial score (nSPS) is 17.3. The van der Waals surface area contributed by atoms with E-state index < -0.39 is 17.5 Å². The van der Waals surface area contributed by atoms with Crippen LogP contribution in [-0.4, -0.2) is 32.2 Å². The highest BCUT2D eigenvalue weighted by Crippen LogP contribution is 2.44. The first-order valence-electron chi connectivity index (χ1n) is 8.00. The molecule has 0 fully saturated rings. The second kappa shape index (κ2) is 6.71. The van der Waals surface area contributed by atoms with Gasteiger partial charge in [0, 0.05) is 17.1 Å². The lowest BCUT2D eigenvalue weighted by Gasteiger charge is -2.13. The SMILES string of the molecule is COc1cc(/C=C2\C(=O)c3c(O)ccc(F)c3[C@H]2C)cc(OC)c1OC. The molecule has 0 heterocycles. The zero-order chi connectivity index (χ0) is 19.0. The number of ether oxygens (including phenoxy) is 3. The number of aromatic hydroxyl groups is 1. The molecule has 1 aliphatic rings. The van der Waals surface area contributed by atoms with Gasteiger partial charge in [-0.05, 0) is 35.9 Å². The number of ketones is 1. The molecule has 3 rings (SSSR count). The number of halogens is 1. The molecule has 1 atom stereocenters. The number of Topliss-reactive ketones (excluding diaryl/α,β-unsaturated/α-hetero) is 1. The van der Waals surface area contributed by atoms with Crippen molar-refractivity contribution in [3.63, 3.8) is 0 Å². The molecule has 5 nitrogen and oxygen atoms in total. The number of rotatable bonds is 4. The standard InChI is InChI=1S/C20H19FO5/c1-10-12(19(23)18-14(22)6-5-13(21)17(10)18)7-11-8-15(24-2)20(26-4)16(9-11)25-3/h5-10,22H,1-4H3/b12-7-/t10-/m0/s1. The first-order valence-corrected chi connectivity index (χ1v) is 8.00. The molecule has 26 heavy (non-hydrogen) atoms. The number of phenols is 1. The Labute approximate surface area is 150 Å². The van der Waals surface area contributed by atoms with Gasteiger partial charge >= 0.3 is 0 Å². The van der Waals surface area contributed by atoms with Crippen LogP contribution in [0.1, 0.15) is 34.3 Å². The Morgan fingerprint density at radius 1 is 1.08 bits per heavy atom. The molecule has 1 aliphatic carbocycles. The molecule has 0 radical (unpaired) electrons. The fourth-order valence-electron chi connectivity index (χ4n) is 3.30. The molecule has 1 N–H and O–H groups in total. The second-order valence-electron chi connectivity index (χ2n) is 5.96. The number of fused-ring (bicyclic) bond motifs is 1. The van der Waals surface area contributed by atoms with Gasteiger partial charge in [-0.1, -0.05) is 6.92 Å². The van der Waals surface area contributed by atoms with Gasteiger partial charge in [0.25, 0.3) is 0 Å². The molecule has 0 spiro atoms. The van der Waals surface area contributed by atoms with Crippen LogP contribution in [0.2, 0.25) is 0 Å². The molecule has 0 amide bonds. The van der Waals surface area contributed by atoms with E-state index in [1.54, 1.807) is 25.1 Å².